The number of rotatable bonds is 4. The predicted molar refractivity (Wildman–Crippen MR) is 128 cm³/mol. The third-order valence-electron chi connectivity index (χ3n) is 7.17. The highest BCUT2D eigenvalue weighted by atomic mass is 32.1. The molecule has 2 unspecified atom stereocenters. The van der Waals surface area contributed by atoms with Crippen molar-refractivity contribution in [2.45, 2.75) is 56.0 Å². The van der Waals surface area contributed by atoms with Crippen molar-refractivity contribution in [3.63, 3.8) is 0 Å². The zero-order chi connectivity index (χ0) is 25.8. The molecule has 2 N–H and O–H groups in total. The molecule has 1 spiro atoms. The third-order valence-corrected chi connectivity index (χ3v) is 7.54. The summed E-state index contributed by atoms with van der Waals surface area (Å²) in [7, 11) is 0. The lowest BCUT2D eigenvalue weighted by atomic mass is 9.75. The van der Waals surface area contributed by atoms with Gasteiger partial charge in [-0.15, -0.1) is 0 Å². The molecule has 1 saturated carbocycles. The van der Waals surface area contributed by atoms with Crippen LogP contribution in [0.3, 0.4) is 0 Å². The molecule has 2 atom stereocenters. The summed E-state index contributed by atoms with van der Waals surface area (Å²) in [5, 5.41) is 28.3. The maximum absolute atomic E-state index is 13.6. The van der Waals surface area contributed by atoms with E-state index in [1.54, 1.807) is 23.1 Å². The molecule has 1 aliphatic carbocycles. The second kappa shape index (κ2) is 8.73. The number of nitriles is 1. The summed E-state index contributed by atoms with van der Waals surface area (Å²) in [6.07, 6.45) is -3.45. The molecule has 2 heterocycles. The van der Waals surface area contributed by atoms with Crippen LogP contribution in [0.5, 0.6) is 5.75 Å². The molecular weight excluding hydrogens is 495 g/mol. The minimum Gasteiger partial charge on any atom is -0.487 e. The number of aliphatic hydroxyl groups is 2. The molecule has 0 bridgehead atoms. The van der Waals surface area contributed by atoms with Crippen molar-refractivity contribution >= 4 is 34.6 Å². The first-order valence-electron chi connectivity index (χ1n) is 11.5. The van der Waals surface area contributed by atoms with Crippen molar-refractivity contribution < 1.29 is 32.9 Å². The molecule has 2 aromatic rings. The Balaban J connectivity index is 1.52. The summed E-state index contributed by atoms with van der Waals surface area (Å²) < 4.78 is 46.6. The molecule has 36 heavy (non-hydrogen) atoms. The van der Waals surface area contributed by atoms with Crippen LogP contribution in [-0.4, -0.2) is 45.6 Å². The number of fused-ring (bicyclic) bond motifs is 1. The second-order valence-corrected chi connectivity index (χ2v) is 9.59. The molecule has 7 nitrogen and oxygen atoms in total. The predicted octanol–water partition coefficient (Wildman–Crippen LogP) is 3.68. The van der Waals surface area contributed by atoms with E-state index in [4.69, 9.17) is 22.2 Å². The van der Waals surface area contributed by atoms with Gasteiger partial charge in [0.15, 0.2) is 5.11 Å². The number of carbonyl (C=O) groups excluding carboxylic acids is 1. The summed E-state index contributed by atoms with van der Waals surface area (Å²) in [6, 6.07) is 10.0. The third kappa shape index (κ3) is 3.72. The van der Waals surface area contributed by atoms with Crippen molar-refractivity contribution in [1.29, 1.82) is 5.26 Å². The van der Waals surface area contributed by atoms with Gasteiger partial charge in [-0.05, 0) is 86.3 Å². The van der Waals surface area contributed by atoms with Gasteiger partial charge in [-0.1, -0.05) is 0 Å². The van der Waals surface area contributed by atoms with Crippen molar-refractivity contribution in [1.82, 2.24) is 0 Å². The number of ether oxygens (including phenoxy) is 1. The molecule has 2 aliphatic heterocycles. The van der Waals surface area contributed by atoms with Crippen molar-refractivity contribution in [2.75, 3.05) is 16.4 Å². The Morgan fingerprint density at radius 3 is 2.56 bits per heavy atom. The number of hydrogen-bond donors (Lipinski definition) is 2. The van der Waals surface area contributed by atoms with Crippen LogP contribution in [0, 0.1) is 11.3 Å². The number of halogens is 3. The summed E-state index contributed by atoms with van der Waals surface area (Å²) in [5.74, 6) is 0.164. The van der Waals surface area contributed by atoms with E-state index in [2.05, 4.69) is 0 Å². The van der Waals surface area contributed by atoms with Crippen LogP contribution in [0.1, 0.15) is 42.4 Å². The number of nitrogens with zero attached hydrogens (tertiary/aromatic N) is 3. The smallest absolute Gasteiger partial charge is 0.417 e. The van der Waals surface area contributed by atoms with Crippen LogP contribution < -0.4 is 14.5 Å². The molecule has 11 heteroatoms. The number of aryl methyl sites for hydroxylation is 1. The van der Waals surface area contributed by atoms with E-state index in [0.717, 1.165) is 29.0 Å². The van der Waals surface area contributed by atoms with E-state index in [9.17, 15) is 28.2 Å². The fourth-order valence-corrected chi connectivity index (χ4v) is 5.60. The molecule has 2 aromatic carbocycles. The van der Waals surface area contributed by atoms with Gasteiger partial charge in [-0.25, -0.2) is 0 Å². The molecule has 0 aromatic heterocycles. The van der Waals surface area contributed by atoms with E-state index in [1.165, 1.54) is 6.07 Å². The van der Waals surface area contributed by atoms with Crippen molar-refractivity contribution in [3.8, 4) is 11.8 Å². The van der Waals surface area contributed by atoms with E-state index in [1.807, 2.05) is 6.07 Å². The Morgan fingerprint density at radius 2 is 1.94 bits per heavy atom. The van der Waals surface area contributed by atoms with Crippen LogP contribution >= 0.6 is 12.2 Å². The van der Waals surface area contributed by atoms with Crippen LogP contribution in [0.15, 0.2) is 36.4 Å². The first kappa shape index (κ1) is 24.5. The minimum atomic E-state index is -4.76. The number of carbonyl (C=O) groups is 1. The quantitative estimate of drug-likeness (QED) is 0.598. The zero-order valence-corrected chi connectivity index (χ0v) is 19.8. The maximum Gasteiger partial charge on any atom is 0.417 e. The first-order valence-corrected chi connectivity index (χ1v) is 11.9. The Morgan fingerprint density at radius 1 is 1.22 bits per heavy atom. The Hall–Kier alpha value is -3.20. The van der Waals surface area contributed by atoms with Gasteiger partial charge < -0.3 is 19.8 Å². The lowest BCUT2D eigenvalue weighted by Gasteiger charge is -2.43. The highest BCUT2D eigenvalue weighted by Crippen LogP contribution is 2.49. The topological polar surface area (TPSA) is 97.0 Å². The van der Waals surface area contributed by atoms with Gasteiger partial charge in [0.25, 0.3) is 5.91 Å². The highest BCUT2D eigenvalue weighted by Gasteiger charge is 2.59. The largest absolute Gasteiger partial charge is 0.487 e. The monoisotopic (exact) mass is 517 g/mol. The number of thiocarbonyl (C=S) groups is 1. The van der Waals surface area contributed by atoms with Gasteiger partial charge in [-0.3, -0.25) is 9.69 Å². The van der Waals surface area contributed by atoms with Gasteiger partial charge >= 0.3 is 6.18 Å². The standard InChI is InChI=1S/C25H22F3N3O4S/c26-25(27,28)18-11-16(4-2-15(18)12-29)30-22(34)24(8-1-9-24)31(23(30)36)17-5-7-20-14(10-17)3-6-21(35-20)19(33)13-32/h2,4-5,7,10-11,19,21,32-33H,1,3,6,8-9,13H2. The van der Waals surface area contributed by atoms with Gasteiger partial charge in [0.1, 0.15) is 23.5 Å². The van der Waals surface area contributed by atoms with Gasteiger partial charge in [0, 0.05) is 5.69 Å². The molecular formula is C25H22F3N3O4S. The number of hydrogen-bond acceptors (Lipinski definition) is 6. The van der Waals surface area contributed by atoms with E-state index in [0.29, 0.717) is 37.1 Å². The van der Waals surface area contributed by atoms with Crippen LogP contribution in [0.4, 0.5) is 24.5 Å². The molecule has 188 valence electrons. The van der Waals surface area contributed by atoms with Gasteiger partial charge in [0.05, 0.1) is 29.5 Å². The number of alkyl halides is 3. The number of anilines is 2. The van der Waals surface area contributed by atoms with Crippen molar-refractivity contribution in [3.05, 3.63) is 53.1 Å². The normalized spacial score (nSPS) is 21.6. The average molecular weight is 518 g/mol. The maximum atomic E-state index is 13.6. The molecule has 2 fully saturated rings. The lowest BCUT2D eigenvalue weighted by Crippen LogP contribution is -2.55. The second-order valence-electron chi connectivity index (χ2n) is 9.22. The Kier molecular flexibility index (Phi) is 5.94. The van der Waals surface area contributed by atoms with E-state index in [-0.39, 0.29) is 10.8 Å². The highest BCUT2D eigenvalue weighted by molar-refractivity contribution is 7.81. The van der Waals surface area contributed by atoms with Crippen LogP contribution in [0.2, 0.25) is 0 Å². The molecule has 5 rings (SSSR count). The van der Waals surface area contributed by atoms with Gasteiger partial charge in [-0.2, -0.15) is 18.4 Å². The molecule has 1 amide bonds. The van der Waals surface area contributed by atoms with Gasteiger partial charge in [0.2, 0.25) is 0 Å². The van der Waals surface area contributed by atoms with Crippen LogP contribution in [-0.2, 0) is 17.4 Å². The summed E-state index contributed by atoms with van der Waals surface area (Å²) in [6.45, 7) is -0.411. The Labute approximate surface area is 210 Å². The number of amides is 1. The number of aliphatic hydroxyl groups excluding tert-OH is 2. The SMILES string of the molecule is N#Cc1ccc(N2C(=O)C3(CCC3)N(c3ccc4c(c3)CCC(C(O)CO)O4)C2=S)cc1C(F)(F)F. The zero-order valence-electron chi connectivity index (χ0n) is 19.0. The summed E-state index contributed by atoms with van der Waals surface area (Å²) >= 11 is 5.67. The number of benzene rings is 2. The van der Waals surface area contributed by atoms with E-state index < -0.39 is 47.6 Å². The lowest BCUT2D eigenvalue weighted by molar-refractivity contribution is -0.137. The minimum absolute atomic E-state index is 0.0350. The van der Waals surface area contributed by atoms with Crippen LogP contribution in [0.25, 0.3) is 0 Å². The fraction of sp³-hybridized carbons (Fsp3) is 0.400. The average Bonchev–Trinajstić information content (AvgIpc) is 3.08. The molecule has 1 saturated heterocycles. The fourth-order valence-electron chi connectivity index (χ4n) is 5.14. The summed E-state index contributed by atoms with van der Waals surface area (Å²) in [4.78, 5) is 16.5. The van der Waals surface area contributed by atoms with E-state index >= 15 is 0 Å². The molecule has 3 aliphatic rings. The first-order chi connectivity index (χ1) is 17.1. The summed E-state index contributed by atoms with van der Waals surface area (Å²) in [5.41, 5.74) is -1.20. The van der Waals surface area contributed by atoms with Crippen molar-refractivity contribution in [2.24, 2.45) is 0 Å². The molecule has 0 radical (unpaired) electrons. The Bertz CT molecular complexity index is 1290.